The molecule has 0 aliphatic carbocycles. The van der Waals surface area contributed by atoms with Crippen molar-refractivity contribution in [2.24, 2.45) is 4.99 Å². The lowest BCUT2D eigenvalue weighted by atomic mass is 10.1. The van der Waals surface area contributed by atoms with Gasteiger partial charge in [-0.05, 0) is 36.8 Å². The summed E-state index contributed by atoms with van der Waals surface area (Å²) in [5.41, 5.74) is 2.62. The second kappa shape index (κ2) is 11.8. The van der Waals surface area contributed by atoms with Crippen molar-refractivity contribution in [1.82, 2.24) is 9.19 Å². The second-order valence-corrected chi connectivity index (χ2v) is 9.78. The summed E-state index contributed by atoms with van der Waals surface area (Å²) in [6.07, 6.45) is 2.41. The van der Waals surface area contributed by atoms with Crippen LogP contribution in [0.2, 0.25) is 0 Å². The van der Waals surface area contributed by atoms with Crippen molar-refractivity contribution in [3.05, 3.63) is 71.2 Å². The number of fused-ring (bicyclic) bond motifs is 1. The van der Waals surface area contributed by atoms with Gasteiger partial charge in [-0.25, -0.2) is 14.1 Å². The Hall–Kier alpha value is -3.73. The van der Waals surface area contributed by atoms with E-state index >= 15 is 0 Å². The Morgan fingerprint density at radius 3 is 2.92 bits per heavy atom. The number of rotatable bonds is 9. The normalized spacial score (nSPS) is 13.4. The lowest BCUT2D eigenvalue weighted by Gasteiger charge is -2.15. The monoisotopic (exact) mass is 521 g/mol. The van der Waals surface area contributed by atoms with Crippen molar-refractivity contribution in [2.75, 3.05) is 15.8 Å². The lowest BCUT2D eigenvalue weighted by molar-refractivity contribution is 0.307. The third kappa shape index (κ3) is 5.91. The quantitative estimate of drug-likeness (QED) is 0.220. The Morgan fingerprint density at radius 1 is 1.39 bits per heavy atom. The molecule has 0 bridgehead atoms. The molecule has 4 rings (SSSR count). The molecule has 0 amide bonds. The Balaban J connectivity index is 1.73. The standard InChI is InChI=1S/C23H21BFN7O2S2/c1-2-36(33)31-17-7-8-18(20(11-17)34-14-15-3-5-16(25)6-4-15)22-19(13-27)23-29-21(28-10-9-26)12-24-35-32(23)30-22/h3-12,24,26,29,31H,2,14H2,1H3/b26-9?,28-10-. The van der Waals surface area contributed by atoms with E-state index in [0.29, 0.717) is 52.2 Å². The van der Waals surface area contributed by atoms with Crippen molar-refractivity contribution >= 4 is 53.7 Å². The van der Waals surface area contributed by atoms with Gasteiger partial charge >= 0.3 is 0 Å². The van der Waals surface area contributed by atoms with E-state index < -0.39 is 11.4 Å². The van der Waals surface area contributed by atoms with Crippen LogP contribution >= 0.6 is 11.8 Å². The predicted octanol–water partition coefficient (Wildman–Crippen LogP) is 4.03. The van der Waals surface area contributed by atoms with Crippen LogP contribution in [0.1, 0.15) is 18.1 Å². The molecule has 0 fully saturated rings. The number of benzene rings is 2. The number of aliphatic imine (C=N–C) groups is 1. The van der Waals surface area contributed by atoms with E-state index in [0.717, 1.165) is 11.8 Å². The van der Waals surface area contributed by atoms with Gasteiger partial charge in [0.25, 0.3) is 6.56 Å². The minimum absolute atomic E-state index is 0.154. The van der Waals surface area contributed by atoms with Crippen LogP contribution in [0.25, 0.3) is 11.3 Å². The molecule has 1 atom stereocenters. The van der Waals surface area contributed by atoms with E-state index in [9.17, 15) is 14.2 Å². The molecule has 0 saturated carbocycles. The van der Waals surface area contributed by atoms with Gasteiger partial charge in [0.1, 0.15) is 47.1 Å². The molecule has 9 nitrogen and oxygen atoms in total. The van der Waals surface area contributed by atoms with E-state index in [2.05, 4.69) is 26.2 Å². The van der Waals surface area contributed by atoms with E-state index in [4.69, 9.17) is 10.1 Å². The van der Waals surface area contributed by atoms with Crippen molar-refractivity contribution < 1.29 is 13.7 Å². The van der Waals surface area contributed by atoms with Crippen LogP contribution < -0.4 is 14.8 Å². The van der Waals surface area contributed by atoms with Crippen LogP contribution in [0.3, 0.4) is 0 Å². The summed E-state index contributed by atoms with van der Waals surface area (Å²) in [4.78, 5) is 4.18. The van der Waals surface area contributed by atoms with Gasteiger partial charge < -0.3 is 20.0 Å². The van der Waals surface area contributed by atoms with Crippen molar-refractivity contribution in [1.29, 1.82) is 10.7 Å². The van der Waals surface area contributed by atoms with E-state index in [-0.39, 0.29) is 12.4 Å². The first-order chi connectivity index (χ1) is 17.5. The van der Waals surface area contributed by atoms with Crippen molar-refractivity contribution in [3.8, 4) is 23.1 Å². The highest BCUT2D eigenvalue weighted by Crippen LogP contribution is 2.39. The van der Waals surface area contributed by atoms with Crippen molar-refractivity contribution in [3.63, 3.8) is 0 Å². The topological polar surface area (TPSA) is 134 Å². The molecule has 1 aliphatic rings. The number of hydrogen-bond donors (Lipinski definition) is 3. The van der Waals surface area contributed by atoms with Crippen LogP contribution in [0.5, 0.6) is 5.75 Å². The first kappa shape index (κ1) is 25.4. The molecule has 1 unspecified atom stereocenters. The van der Waals surface area contributed by atoms with Crippen LogP contribution in [0.4, 0.5) is 15.9 Å². The number of ether oxygens (including phenoxy) is 1. The van der Waals surface area contributed by atoms with Gasteiger partial charge in [-0.2, -0.15) is 14.4 Å². The highest BCUT2D eigenvalue weighted by molar-refractivity contribution is 8.21. The van der Waals surface area contributed by atoms with Gasteiger partial charge in [-0.3, -0.25) is 0 Å². The predicted molar refractivity (Wildman–Crippen MR) is 145 cm³/mol. The Kier molecular flexibility index (Phi) is 8.32. The summed E-state index contributed by atoms with van der Waals surface area (Å²) in [5, 5.41) is 25.0. The molecule has 3 N–H and O–H groups in total. The zero-order valence-electron chi connectivity index (χ0n) is 19.2. The molecule has 182 valence electrons. The van der Waals surface area contributed by atoms with Crippen LogP contribution in [-0.4, -0.2) is 38.5 Å². The molecule has 1 aromatic heterocycles. The van der Waals surface area contributed by atoms with E-state index in [1.54, 1.807) is 41.3 Å². The molecule has 36 heavy (non-hydrogen) atoms. The maximum Gasteiger partial charge on any atom is 0.251 e. The fraction of sp³-hybridized carbons (Fsp3) is 0.130. The minimum Gasteiger partial charge on any atom is -0.593 e. The zero-order chi connectivity index (χ0) is 25.5. The fourth-order valence-corrected chi connectivity index (χ4v) is 4.62. The van der Waals surface area contributed by atoms with Crippen LogP contribution in [0.15, 0.2) is 59.3 Å². The second-order valence-electron chi connectivity index (χ2n) is 7.37. The molecule has 0 saturated heterocycles. The zero-order valence-corrected chi connectivity index (χ0v) is 20.8. The fourth-order valence-electron chi connectivity index (χ4n) is 3.30. The summed E-state index contributed by atoms with van der Waals surface area (Å²) in [7, 11) is 0. The third-order valence-corrected chi connectivity index (χ3v) is 6.83. The summed E-state index contributed by atoms with van der Waals surface area (Å²) in [6.45, 7) is 2.51. The number of nitriles is 1. The SMILES string of the molecule is CC[S+]([O-])Nc1ccc(-c2nn3c(c2C#N)NC(/N=C\C=N)=CBS3)c(OCc2ccc(F)cc2)c1. The maximum atomic E-state index is 13.3. The summed E-state index contributed by atoms with van der Waals surface area (Å²) >= 11 is 0.122. The number of aromatic nitrogens is 2. The third-order valence-electron chi connectivity index (χ3n) is 5.01. The largest absolute Gasteiger partial charge is 0.593 e. The summed E-state index contributed by atoms with van der Waals surface area (Å²) < 4.78 is 36.0. The lowest BCUT2D eigenvalue weighted by Crippen LogP contribution is -2.14. The number of hydrogen-bond acceptors (Lipinski definition) is 9. The Bertz CT molecular complexity index is 1360. The van der Waals surface area contributed by atoms with Gasteiger partial charge in [0.05, 0.1) is 17.0 Å². The molecule has 2 heterocycles. The van der Waals surface area contributed by atoms with E-state index in [1.165, 1.54) is 30.1 Å². The van der Waals surface area contributed by atoms with Crippen molar-refractivity contribution in [2.45, 2.75) is 13.5 Å². The summed E-state index contributed by atoms with van der Waals surface area (Å²) in [6, 6.07) is 13.4. The molecule has 0 radical (unpaired) electrons. The molecule has 1 aliphatic heterocycles. The molecular formula is C23H21BFN7O2S2. The summed E-state index contributed by atoms with van der Waals surface area (Å²) in [5.74, 6) is 3.31. The van der Waals surface area contributed by atoms with E-state index in [1.807, 2.05) is 5.98 Å². The highest BCUT2D eigenvalue weighted by atomic mass is 32.2. The highest BCUT2D eigenvalue weighted by Gasteiger charge is 2.25. The van der Waals surface area contributed by atoms with Gasteiger partial charge in [-0.1, -0.05) is 29.9 Å². The number of nitrogens with one attached hydrogen (secondary N) is 3. The van der Waals surface area contributed by atoms with Gasteiger partial charge in [-0.15, -0.1) is 0 Å². The minimum atomic E-state index is -1.26. The molecule has 2 aromatic carbocycles. The van der Waals surface area contributed by atoms with Gasteiger partial charge in [0, 0.05) is 24.1 Å². The Morgan fingerprint density at radius 2 is 2.19 bits per heavy atom. The van der Waals surface area contributed by atoms with Gasteiger partial charge in [0.2, 0.25) is 0 Å². The average molecular weight is 521 g/mol. The van der Waals surface area contributed by atoms with Gasteiger partial charge in [0.15, 0.2) is 5.82 Å². The number of halogens is 1. The molecule has 0 spiro atoms. The maximum absolute atomic E-state index is 13.3. The average Bonchev–Trinajstić information content (AvgIpc) is 3.10. The number of nitrogens with zero attached hydrogens (tertiary/aromatic N) is 4. The smallest absolute Gasteiger partial charge is 0.251 e. The first-order valence-corrected chi connectivity index (χ1v) is 13.1. The van der Waals surface area contributed by atoms with Crippen LogP contribution in [-0.2, 0) is 18.0 Å². The Labute approximate surface area is 215 Å². The number of anilines is 2. The molecular weight excluding hydrogens is 500 g/mol. The van der Waals surface area contributed by atoms with Crippen LogP contribution in [0, 0.1) is 22.6 Å². The first-order valence-electron chi connectivity index (χ1n) is 10.9. The molecule has 13 heteroatoms. The molecule has 3 aromatic rings.